The average Bonchev–Trinajstić information content (AvgIpc) is 2.80. The lowest BCUT2D eigenvalue weighted by Gasteiger charge is -2.17. The number of nitrogens with zero attached hydrogens (tertiary/aromatic N) is 3. The van der Waals surface area contributed by atoms with Crippen LogP contribution in [0.2, 0.25) is 5.02 Å². The van der Waals surface area contributed by atoms with Crippen molar-refractivity contribution in [3.63, 3.8) is 0 Å². The van der Waals surface area contributed by atoms with Crippen molar-refractivity contribution < 1.29 is 4.39 Å². The number of aromatic nitrogens is 2. The molecule has 2 aromatic rings. The standard InChI is InChI=1S/C15H20ClFN4/c1-20(2)7-8-21-15(13(16)10-19-21)14(18)9-11-3-5-12(17)6-4-11/h3-6,10,14H,7-9,18H2,1-2H3. The van der Waals surface area contributed by atoms with Crippen LogP contribution in [0.15, 0.2) is 30.5 Å². The van der Waals surface area contributed by atoms with E-state index in [-0.39, 0.29) is 11.9 Å². The maximum Gasteiger partial charge on any atom is 0.123 e. The van der Waals surface area contributed by atoms with Crippen molar-refractivity contribution >= 4 is 11.6 Å². The molecule has 0 bridgehead atoms. The summed E-state index contributed by atoms with van der Waals surface area (Å²) in [5.41, 5.74) is 8.06. The van der Waals surface area contributed by atoms with Crippen molar-refractivity contribution in [3.8, 4) is 0 Å². The van der Waals surface area contributed by atoms with Crippen molar-refractivity contribution in [3.05, 3.63) is 52.6 Å². The Morgan fingerprint density at radius 2 is 2.00 bits per heavy atom. The van der Waals surface area contributed by atoms with Crippen LogP contribution in [0.4, 0.5) is 4.39 Å². The molecule has 4 nitrogen and oxygen atoms in total. The number of hydrogen-bond acceptors (Lipinski definition) is 3. The molecule has 1 unspecified atom stereocenters. The fourth-order valence-electron chi connectivity index (χ4n) is 2.18. The van der Waals surface area contributed by atoms with Gasteiger partial charge >= 0.3 is 0 Å². The van der Waals surface area contributed by atoms with E-state index in [4.69, 9.17) is 17.3 Å². The summed E-state index contributed by atoms with van der Waals surface area (Å²) in [5, 5.41) is 4.86. The minimum absolute atomic E-state index is 0.249. The third-order valence-electron chi connectivity index (χ3n) is 3.31. The van der Waals surface area contributed by atoms with Crippen LogP contribution in [0, 0.1) is 5.82 Å². The first kappa shape index (κ1) is 15.9. The molecular formula is C15H20ClFN4. The second-order valence-corrected chi connectivity index (χ2v) is 5.75. The molecule has 1 aromatic heterocycles. The van der Waals surface area contributed by atoms with Gasteiger partial charge in [-0.25, -0.2) is 4.39 Å². The maximum absolute atomic E-state index is 12.9. The van der Waals surface area contributed by atoms with Gasteiger partial charge in [-0.3, -0.25) is 4.68 Å². The zero-order valence-electron chi connectivity index (χ0n) is 12.3. The number of benzene rings is 1. The minimum atomic E-state index is -0.271. The van der Waals surface area contributed by atoms with Crippen molar-refractivity contribution in [1.82, 2.24) is 14.7 Å². The van der Waals surface area contributed by atoms with Gasteiger partial charge < -0.3 is 10.6 Å². The molecule has 2 N–H and O–H groups in total. The predicted octanol–water partition coefficient (Wildman–Crippen LogP) is 2.48. The van der Waals surface area contributed by atoms with E-state index in [9.17, 15) is 4.39 Å². The zero-order valence-corrected chi connectivity index (χ0v) is 13.0. The molecule has 1 aromatic carbocycles. The second kappa shape index (κ2) is 7.02. The molecule has 6 heteroatoms. The fourth-order valence-corrected chi connectivity index (χ4v) is 2.47. The summed E-state index contributed by atoms with van der Waals surface area (Å²) in [5.74, 6) is -0.249. The summed E-state index contributed by atoms with van der Waals surface area (Å²) in [4.78, 5) is 2.07. The average molecular weight is 311 g/mol. The summed E-state index contributed by atoms with van der Waals surface area (Å²) in [7, 11) is 4.01. The number of hydrogen-bond donors (Lipinski definition) is 1. The topological polar surface area (TPSA) is 47.1 Å². The Morgan fingerprint density at radius 1 is 1.33 bits per heavy atom. The van der Waals surface area contributed by atoms with E-state index >= 15 is 0 Å². The maximum atomic E-state index is 12.9. The first-order chi connectivity index (χ1) is 9.97. The Balaban J connectivity index is 2.12. The molecule has 0 aliphatic rings. The Bertz CT molecular complexity index is 580. The van der Waals surface area contributed by atoms with Gasteiger partial charge in [-0.1, -0.05) is 23.7 Å². The van der Waals surface area contributed by atoms with Crippen molar-refractivity contribution in [2.24, 2.45) is 5.73 Å². The first-order valence-electron chi connectivity index (χ1n) is 6.83. The van der Waals surface area contributed by atoms with Crippen LogP contribution in [0.3, 0.4) is 0 Å². The molecule has 2 rings (SSSR count). The van der Waals surface area contributed by atoms with Crippen LogP contribution in [-0.4, -0.2) is 35.3 Å². The molecule has 0 fully saturated rings. The molecule has 21 heavy (non-hydrogen) atoms. The normalized spacial score (nSPS) is 12.9. The van der Waals surface area contributed by atoms with Crippen LogP contribution < -0.4 is 5.73 Å². The van der Waals surface area contributed by atoms with Crippen molar-refractivity contribution in [1.29, 1.82) is 0 Å². The highest BCUT2D eigenvalue weighted by atomic mass is 35.5. The van der Waals surface area contributed by atoms with E-state index < -0.39 is 0 Å². The summed E-state index contributed by atoms with van der Waals surface area (Å²) >= 11 is 6.21. The molecular weight excluding hydrogens is 291 g/mol. The minimum Gasteiger partial charge on any atom is -0.322 e. The van der Waals surface area contributed by atoms with E-state index in [1.165, 1.54) is 12.1 Å². The van der Waals surface area contributed by atoms with Gasteiger partial charge in [0, 0.05) is 6.54 Å². The van der Waals surface area contributed by atoms with Crippen LogP contribution in [0.5, 0.6) is 0 Å². The van der Waals surface area contributed by atoms with Crippen LogP contribution in [-0.2, 0) is 13.0 Å². The smallest absolute Gasteiger partial charge is 0.123 e. The summed E-state index contributed by atoms with van der Waals surface area (Å²) < 4.78 is 14.8. The molecule has 1 atom stereocenters. The van der Waals surface area contributed by atoms with Crippen LogP contribution >= 0.6 is 11.6 Å². The highest BCUT2D eigenvalue weighted by Gasteiger charge is 2.17. The monoisotopic (exact) mass is 310 g/mol. The van der Waals surface area contributed by atoms with Crippen molar-refractivity contribution in [2.75, 3.05) is 20.6 Å². The number of nitrogens with two attached hydrogens (primary N) is 1. The lowest BCUT2D eigenvalue weighted by Crippen LogP contribution is -2.24. The zero-order chi connectivity index (χ0) is 15.4. The molecule has 0 saturated heterocycles. The molecule has 0 aliphatic heterocycles. The second-order valence-electron chi connectivity index (χ2n) is 5.34. The molecule has 1 heterocycles. The number of likely N-dealkylation sites (N-methyl/N-ethyl adjacent to an activating group) is 1. The van der Waals surface area contributed by atoms with E-state index in [0.29, 0.717) is 11.4 Å². The van der Waals surface area contributed by atoms with Gasteiger partial charge in [0.2, 0.25) is 0 Å². The van der Waals surface area contributed by atoms with Gasteiger partial charge in [0.05, 0.1) is 29.5 Å². The third kappa shape index (κ3) is 4.27. The van der Waals surface area contributed by atoms with Gasteiger partial charge in [-0.2, -0.15) is 5.10 Å². The van der Waals surface area contributed by atoms with Gasteiger partial charge in [-0.15, -0.1) is 0 Å². The number of rotatable bonds is 6. The summed E-state index contributed by atoms with van der Waals surface area (Å²) in [6, 6.07) is 6.08. The molecule has 0 aliphatic carbocycles. The van der Waals surface area contributed by atoms with Crippen LogP contribution in [0.1, 0.15) is 17.3 Å². The molecule has 0 amide bonds. The number of halogens is 2. The Labute approximate surface area is 129 Å². The first-order valence-corrected chi connectivity index (χ1v) is 7.21. The largest absolute Gasteiger partial charge is 0.322 e. The Kier molecular flexibility index (Phi) is 5.33. The van der Waals surface area contributed by atoms with Gasteiger partial charge in [0.1, 0.15) is 5.82 Å². The molecule has 0 saturated carbocycles. The summed E-state index contributed by atoms with van der Waals surface area (Å²) in [6.45, 7) is 1.58. The van der Waals surface area contributed by atoms with E-state index in [1.54, 1.807) is 18.3 Å². The van der Waals surface area contributed by atoms with Gasteiger partial charge in [-0.05, 0) is 38.2 Å². The molecule has 0 spiro atoms. The van der Waals surface area contributed by atoms with E-state index in [0.717, 1.165) is 24.3 Å². The molecule has 114 valence electrons. The third-order valence-corrected chi connectivity index (χ3v) is 3.60. The molecule has 0 radical (unpaired) electrons. The Hall–Kier alpha value is -1.43. The van der Waals surface area contributed by atoms with Crippen LogP contribution in [0.25, 0.3) is 0 Å². The van der Waals surface area contributed by atoms with E-state index in [1.807, 2.05) is 18.8 Å². The Morgan fingerprint density at radius 3 is 2.62 bits per heavy atom. The van der Waals surface area contributed by atoms with E-state index in [2.05, 4.69) is 10.00 Å². The lowest BCUT2D eigenvalue weighted by molar-refractivity contribution is 0.366. The highest BCUT2D eigenvalue weighted by Crippen LogP contribution is 2.24. The SMILES string of the molecule is CN(C)CCn1ncc(Cl)c1C(N)Cc1ccc(F)cc1. The van der Waals surface area contributed by atoms with Gasteiger partial charge in [0.25, 0.3) is 0 Å². The van der Waals surface area contributed by atoms with Gasteiger partial charge in [0.15, 0.2) is 0 Å². The van der Waals surface area contributed by atoms with Crippen molar-refractivity contribution in [2.45, 2.75) is 19.0 Å². The lowest BCUT2D eigenvalue weighted by atomic mass is 10.0. The summed E-state index contributed by atoms with van der Waals surface area (Å²) in [6.07, 6.45) is 2.21. The highest BCUT2D eigenvalue weighted by molar-refractivity contribution is 6.31. The fraction of sp³-hybridized carbons (Fsp3) is 0.400. The quantitative estimate of drug-likeness (QED) is 0.891. The predicted molar refractivity (Wildman–Crippen MR) is 82.8 cm³/mol.